The van der Waals surface area contributed by atoms with E-state index in [1.165, 1.54) is 135 Å². The van der Waals surface area contributed by atoms with Gasteiger partial charge in [-0.2, -0.15) is 0 Å². The second-order valence-electron chi connectivity index (χ2n) is 17.1. The van der Waals surface area contributed by atoms with Crippen molar-refractivity contribution >= 4 is 13.7 Å². The molecule has 3 atom stereocenters. The van der Waals surface area contributed by atoms with Gasteiger partial charge in [-0.05, 0) is 64.2 Å². The largest absolute Gasteiger partial charge is 0.756 e. The maximum Gasteiger partial charge on any atom is 0.268 e. The zero-order chi connectivity index (χ0) is 42.1. The van der Waals surface area contributed by atoms with Crippen LogP contribution in [0.4, 0.5) is 0 Å². The van der Waals surface area contributed by atoms with Gasteiger partial charge in [0, 0.05) is 6.42 Å². The van der Waals surface area contributed by atoms with Crippen molar-refractivity contribution in [3.05, 3.63) is 48.6 Å². The van der Waals surface area contributed by atoms with Gasteiger partial charge in [0.2, 0.25) is 5.91 Å². The van der Waals surface area contributed by atoms with Crippen molar-refractivity contribution < 1.29 is 32.9 Å². The summed E-state index contributed by atoms with van der Waals surface area (Å²) in [6.45, 7) is 4.59. The van der Waals surface area contributed by atoms with E-state index in [4.69, 9.17) is 9.05 Å². The van der Waals surface area contributed by atoms with Gasteiger partial charge >= 0.3 is 0 Å². The first kappa shape index (κ1) is 55.5. The standard InChI is InChI=1S/C48H91N2O6P/c1-6-8-10-12-14-16-18-20-22-24-25-26-28-30-32-34-36-38-40-42-48(52)49-46(45-56-57(53,54)55-44-43-50(3,4)5)47(51)41-39-37-35-33-31-29-27-23-21-19-17-15-13-11-9-7-2/h14,16,20,22,31,33,39,41,46-47,51H,6-13,15,17-19,21,23-30,32,34-38,40,42-45H2,1-5H3,(H-,49,52,53,54)/b16-14-,22-20-,33-31+,41-39+. The molecule has 3 unspecified atom stereocenters. The second kappa shape index (κ2) is 39.9. The lowest BCUT2D eigenvalue weighted by Crippen LogP contribution is -2.45. The highest BCUT2D eigenvalue weighted by Crippen LogP contribution is 2.38. The van der Waals surface area contributed by atoms with Gasteiger partial charge in [-0.15, -0.1) is 0 Å². The number of amides is 1. The number of phosphoric ester groups is 1. The number of carbonyl (C=O) groups excluding carboxylic acids is 1. The van der Waals surface area contributed by atoms with Crippen LogP contribution in [0.5, 0.6) is 0 Å². The third-order valence-corrected chi connectivity index (χ3v) is 11.2. The molecule has 0 aromatic heterocycles. The molecule has 9 heteroatoms. The number of aliphatic hydroxyl groups excluding tert-OH is 1. The Bertz CT molecular complexity index is 1070. The number of likely N-dealkylation sites (N-methyl/N-ethyl adjacent to an activating group) is 1. The maximum atomic E-state index is 12.9. The Balaban J connectivity index is 4.43. The molecule has 0 bridgehead atoms. The third kappa shape index (κ3) is 42.4. The lowest BCUT2D eigenvalue weighted by Gasteiger charge is -2.29. The molecule has 1 amide bonds. The van der Waals surface area contributed by atoms with Crippen LogP contribution in [0.15, 0.2) is 48.6 Å². The number of nitrogens with one attached hydrogen (secondary N) is 1. The fraction of sp³-hybridized carbons (Fsp3) is 0.812. The van der Waals surface area contributed by atoms with Crippen molar-refractivity contribution in [1.82, 2.24) is 5.32 Å². The van der Waals surface area contributed by atoms with Crippen LogP contribution >= 0.6 is 7.82 Å². The van der Waals surface area contributed by atoms with Gasteiger partial charge in [0.15, 0.2) is 0 Å². The molecule has 334 valence electrons. The van der Waals surface area contributed by atoms with Gasteiger partial charge in [0.1, 0.15) is 13.2 Å². The first-order valence-corrected chi connectivity index (χ1v) is 25.0. The molecule has 0 radical (unpaired) electrons. The lowest BCUT2D eigenvalue weighted by atomic mass is 10.1. The summed E-state index contributed by atoms with van der Waals surface area (Å²) in [6, 6.07) is -0.905. The van der Waals surface area contributed by atoms with Crippen LogP contribution in [0.25, 0.3) is 0 Å². The Morgan fingerprint density at radius 2 is 1.04 bits per heavy atom. The second-order valence-corrected chi connectivity index (χ2v) is 18.5. The number of phosphoric acid groups is 1. The molecule has 0 aromatic carbocycles. The number of aliphatic hydroxyl groups is 1. The van der Waals surface area contributed by atoms with E-state index in [0.717, 1.165) is 44.9 Å². The van der Waals surface area contributed by atoms with Crippen molar-refractivity contribution in [2.24, 2.45) is 0 Å². The molecule has 0 rings (SSSR count). The Labute approximate surface area is 352 Å². The SMILES string of the molecule is CCCCC/C=C\C/C=C\CCCCCCCCCCCC(=O)NC(COP(=O)([O-])OCC[N+](C)(C)C)C(O)/C=C/CC/C=C/CCCCCCCCCCCC. The van der Waals surface area contributed by atoms with Crippen molar-refractivity contribution in [2.75, 3.05) is 40.9 Å². The molecule has 0 aliphatic heterocycles. The van der Waals surface area contributed by atoms with Gasteiger partial charge in [0.05, 0.1) is 39.9 Å². The number of allylic oxidation sites excluding steroid dienone is 7. The summed E-state index contributed by atoms with van der Waals surface area (Å²) in [5.41, 5.74) is 0. The van der Waals surface area contributed by atoms with E-state index in [1.54, 1.807) is 6.08 Å². The van der Waals surface area contributed by atoms with Crippen molar-refractivity contribution in [1.29, 1.82) is 0 Å². The minimum atomic E-state index is -4.60. The van der Waals surface area contributed by atoms with E-state index in [1.807, 2.05) is 27.2 Å². The van der Waals surface area contributed by atoms with Crippen molar-refractivity contribution in [3.63, 3.8) is 0 Å². The van der Waals surface area contributed by atoms with E-state index < -0.39 is 26.6 Å². The quantitative estimate of drug-likeness (QED) is 0.0275. The van der Waals surface area contributed by atoms with Crippen molar-refractivity contribution in [3.8, 4) is 0 Å². The van der Waals surface area contributed by atoms with E-state index in [-0.39, 0.29) is 12.5 Å². The first-order valence-electron chi connectivity index (χ1n) is 23.5. The molecule has 2 N–H and O–H groups in total. The summed E-state index contributed by atoms with van der Waals surface area (Å²) in [6.07, 6.45) is 50.1. The van der Waals surface area contributed by atoms with Gasteiger partial charge in [0.25, 0.3) is 7.82 Å². The summed E-state index contributed by atoms with van der Waals surface area (Å²) in [4.78, 5) is 25.3. The minimum Gasteiger partial charge on any atom is -0.756 e. The maximum absolute atomic E-state index is 12.9. The summed E-state index contributed by atoms with van der Waals surface area (Å²) >= 11 is 0. The van der Waals surface area contributed by atoms with E-state index in [9.17, 15) is 19.4 Å². The molecular formula is C48H91N2O6P. The summed E-state index contributed by atoms with van der Waals surface area (Å²) in [5.74, 6) is -0.213. The van der Waals surface area contributed by atoms with Crippen LogP contribution in [0, 0.1) is 0 Å². The van der Waals surface area contributed by atoms with Gasteiger partial charge in [-0.3, -0.25) is 9.36 Å². The fourth-order valence-electron chi connectivity index (χ4n) is 6.49. The van der Waals surface area contributed by atoms with Crippen LogP contribution in [0.3, 0.4) is 0 Å². The Kier molecular flexibility index (Phi) is 38.8. The summed E-state index contributed by atoms with van der Waals surface area (Å²) in [5, 5.41) is 13.8. The van der Waals surface area contributed by atoms with E-state index in [0.29, 0.717) is 17.4 Å². The molecule has 0 fully saturated rings. The lowest BCUT2D eigenvalue weighted by molar-refractivity contribution is -0.870. The van der Waals surface area contributed by atoms with Gasteiger partial charge < -0.3 is 28.8 Å². The molecule has 0 aliphatic rings. The number of quaternary nitrogens is 1. The highest BCUT2D eigenvalue weighted by atomic mass is 31.2. The van der Waals surface area contributed by atoms with E-state index >= 15 is 0 Å². The predicted octanol–water partition coefficient (Wildman–Crippen LogP) is 12.6. The first-order chi connectivity index (χ1) is 27.5. The van der Waals surface area contributed by atoms with E-state index in [2.05, 4.69) is 55.6 Å². The Morgan fingerprint density at radius 1 is 0.614 bits per heavy atom. The zero-order valence-electron chi connectivity index (χ0n) is 37.8. The number of rotatable bonds is 42. The molecule has 57 heavy (non-hydrogen) atoms. The average Bonchev–Trinajstić information content (AvgIpc) is 3.16. The number of carbonyl (C=O) groups is 1. The number of hydrogen-bond acceptors (Lipinski definition) is 6. The summed E-state index contributed by atoms with van der Waals surface area (Å²) in [7, 11) is 1.24. The topological polar surface area (TPSA) is 108 Å². The minimum absolute atomic E-state index is 0.00829. The Hall–Kier alpha value is -1.54. The molecule has 0 spiro atoms. The zero-order valence-corrected chi connectivity index (χ0v) is 38.7. The molecule has 0 saturated heterocycles. The highest BCUT2D eigenvalue weighted by molar-refractivity contribution is 7.45. The van der Waals surface area contributed by atoms with Crippen molar-refractivity contribution in [2.45, 2.75) is 212 Å². The van der Waals surface area contributed by atoms with Crippen LogP contribution in [-0.4, -0.2) is 68.5 Å². The number of unbranched alkanes of at least 4 members (excludes halogenated alkanes) is 23. The van der Waals surface area contributed by atoms with Crippen LogP contribution in [-0.2, 0) is 18.4 Å². The third-order valence-electron chi connectivity index (χ3n) is 10.3. The molecule has 0 aliphatic carbocycles. The normalized spacial score (nSPS) is 14.7. The molecular weight excluding hydrogens is 732 g/mol. The fourth-order valence-corrected chi connectivity index (χ4v) is 7.21. The number of hydrogen-bond donors (Lipinski definition) is 2. The summed E-state index contributed by atoms with van der Waals surface area (Å²) < 4.78 is 23.2. The van der Waals surface area contributed by atoms with Gasteiger partial charge in [-0.25, -0.2) is 0 Å². The van der Waals surface area contributed by atoms with Gasteiger partial charge in [-0.1, -0.05) is 178 Å². The van der Waals surface area contributed by atoms with Crippen LogP contribution in [0.1, 0.15) is 200 Å². The predicted molar refractivity (Wildman–Crippen MR) is 242 cm³/mol. The average molecular weight is 823 g/mol. The monoisotopic (exact) mass is 823 g/mol. The molecule has 8 nitrogen and oxygen atoms in total. The Morgan fingerprint density at radius 3 is 1.56 bits per heavy atom. The van der Waals surface area contributed by atoms with Crippen LogP contribution < -0.4 is 10.2 Å². The molecule has 0 aromatic rings. The van der Waals surface area contributed by atoms with Crippen LogP contribution in [0.2, 0.25) is 0 Å². The molecule has 0 saturated carbocycles. The molecule has 0 heterocycles. The smallest absolute Gasteiger partial charge is 0.268 e. The highest BCUT2D eigenvalue weighted by Gasteiger charge is 2.23. The number of nitrogens with zero attached hydrogens (tertiary/aromatic N) is 1.